The molecule has 0 aliphatic carbocycles. The Morgan fingerprint density at radius 3 is 2.81 bits per heavy atom. The third kappa shape index (κ3) is 2.67. The van der Waals surface area contributed by atoms with Crippen molar-refractivity contribution in [3.63, 3.8) is 0 Å². The summed E-state index contributed by atoms with van der Waals surface area (Å²) in [5, 5.41) is 5.65. The van der Waals surface area contributed by atoms with Crippen LogP contribution in [0, 0.1) is 0 Å². The minimum atomic E-state index is -0.0377. The van der Waals surface area contributed by atoms with Gasteiger partial charge in [-0.25, -0.2) is 14.7 Å². The highest BCUT2D eigenvalue weighted by Crippen LogP contribution is 2.10. The molecule has 82 valence electrons. The van der Waals surface area contributed by atoms with Gasteiger partial charge in [0.25, 0.3) is 0 Å². The third-order valence-electron chi connectivity index (χ3n) is 2.16. The molecular formula is C12H13N2OS+. The van der Waals surface area contributed by atoms with Crippen LogP contribution in [0.25, 0.3) is 0 Å². The summed E-state index contributed by atoms with van der Waals surface area (Å²) >= 11 is 1.53. The van der Waals surface area contributed by atoms with E-state index >= 15 is 0 Å². The number of aromatic nitrogens is 1. The molecule has 1 amide bonds. The Balaban J connectivity index is 2.16. The maximum atomic E-state index is 11.0. The summed E-state index contributed by atoms with van der Waals surface area (Å²) in [6.45, 7) is 2.30. The van der Waals surface area contributed by atoms with Crippen molar-refractivity contribution in [2.75, 3.05) is 5.32 Å². The van der Waals surface area contributed by atoms with Crippen LogP contribution >= 0.6 is 11.3 Å². The van der Waals surface area contributed by atoms with E-state index in [1.54, 1.807) is 0 Å². The standard InChI is InChI=1S/C12H12N2OS/c1-10(15)13-12-14(7-8-16-12)9-11-5-3-2-4-6-11/h2-8H,9H2,1H3/p+1. The fourth-order valence-electron chi connectivity index (χ4n) is 1.46. The van der Waals surface area contributed by atoms with Gasteiger partial charge in [-0.05, 0) is 5.56 Å². The molecular weight excluding hydrogens is 220 g/mol. The number of nitrogens with one attached hydrogen (secondary N) is 1. The SMILES string of the molecule is CC(=O)Nc1scc[n+]1Cc1ccccc1. The van der Waals surface area contributed by atoms with E-state index in [-0.39, 0.29) is 5.91 Å². The van der Waals surface area contributed by atoms with E-state index in [0.717, 1.165) is 11.7 Å². The van der Waals surface area contributed by atoms with Crippen molar-refractivity contribution in [1.29, 1.82) is 0 Å². The number of rotatable bonds is 3. The molecule has 0 unspecified atom stereocenters. The summed E-state index contributed by atoms with van der Waals surface area (Å²) in [5.74, 6) is -0.0377. The van der Waals surface area contributed by atoms with Gasteiger partial charge in [0.1, 0.15) is 12.7 Å². The Morgan fingerprint density at radius 1 is 1.38 bits per heavy atom. The van der Waals surface area contributed by atoms with Crippen LogP contribution in [0.2, 0.25) is 0 Å². The first kappa shape index (κ1) is 10.8. The van der Waals surface area contributed by atoms with E-state index in [1.807, 2.05) is 34.3 Å². The van der Waals surface area contributed by atoms with Crippen LogP contribution in [0.15, 0.2) is 41.9 Å². The first-order chi connectivity index (χ1) is 7.75. The topological polar surface area (TPSA) is 33.0 Å². The van der Waals surface area contributed by atoms with E-state index in [0.29, 0.717) is 0 Å². The van der Waals surface area contributed by atoms with Gasteiger partial charge in [-0.1, -0.05) is 41.7 Å². The summed E-state index contributed by atoms with van der Waals surface area (Å²) in [4.78, 5) is 11.0. The second kappa shape index (κ2) is 4.90. The van der Waals surface area contributed by atoms with Crippen molar-refractivity contribution < 1.29 is 9.36 Å². The number of hydrogen-bond donors (Lipinski definition) is 1. The lowest BCUT2D eigenvalue weighted by Crippen LogP contribution is -2.35. The molecule has 0 spiro atoms. The molecule has 0 saturated heterocycles. The predicted molar refractivity (Wildman–Crippen MR) is 64.4 cm³/mol. The van der Waals surface area contributed by atoms with Gasteiger partial charge in [-0.15, -0.1) is 0 Å². The van der Waals surface area contributed by atoms with E-state index in [2.05, 4.69) is 17.4 Å². The first-order valence-corrected chi connectivity index (χ1v) is 5.92. The van der Waals surface area contributed by atoms with Gasteiger partial charge in [0.15, 0.2) is 0 Å². The van der Waals surface area contributed by atoms with Crippen LogP contribution in [0.4, 0.5) is 5.13 Å². The number of hydrogen-bond acceptors (Lipinski definition) is 2. The average Bonchev–Trinajstić information content (AvgIpc) is 2.66. The molecule has 0 atom stereocenters. The van der Waals surface area contributed by atoms with Gasteiger partial charge in [0.2, 0.25) is 0 Å². The summed E-state index contributed by atoms with van der Waals surface area (Å²) in [7, 11) is 0. The fraction of sp³-hybridized carbons (Fsp3) is 0.167. The van der Waals surface area contributed by atoms with Gasteiger partial charge in [-0.2, -0.15) is 0 Å². The van der Waals surface area contributed by atoms with Crippen molar-refractivity contribution in [2.24, 2.45) is 0 Å². The number of carbonyl (C=O) groups is 1. The summed E-state index contributed by atoms with van der Waals surface area (Å²) in [6, 6.07) is 10.2. The molecule has 0 radical (unpaired) electrons. The van der Waals surface area contributed by atoms with E-state index in [9.17, 15) is 4.79 Å². The fourth-order valence-corrected chi connectivity index (χ4v) is 2.26. The zero-order valence-electron chi connectivity index (χ0n) is 9.01. The zero-order valence-corrected chi connectivity index (χ0v) is 9.83. The molecule has 2 rings (SSSR count). The molecule has 1 aromatic carbocycles. The molecule has 1 aromatic heterocycles. The van der Waals surface area contributed by atoms with E-state index in [4.69, 9.17) is 0 Å². The normalized spacial score (nSPS) is 10.1. The molecule has 0 saturated carbocycles. The molecule has 4 heteroatoms. The van der Waals surface area contributed by atoms with Crippen molar-refractivity contribution in [1.82, 2.24) is 0 Å². The van der Waals surface area contributed by atoms with Crippen molar-refractivity contribution >= 4 is 22.4 Å². The maximum absolute atomic E-state index is 11.0. The van der Waals surface area contributed by atoms with Crippen molar-refractivity contribution in [2.45, 2.75) is 13.5 Å². The highest BCUT2D eigenvalue weighted by atomic mass is 32.1. The van der Waals surface area contributed by atoms with Gasteiger partial charge in [-0.3, -0.25) is 0 Å². The quantitative estimate of drug-likeness (QED) is 0.809. The van der Waals surface area contributed by atoms with Crippen molar-refractivity contribution in [3.8, 4) is 0 Å². The summed E-state index contributed by atoms with van der Waals surface area (Å²) in [5.41, 5.74) is 1.22. The van der Waals surface area contributed by atoms with Crippen LogP contribution in [0.3, 0.4) is 0 Å². The Morgan fingerprint density at radius 2 is 2.12 bits per heavy atom. The monoisotopic (exact) mass is 233 g/mol. The molecule has 0 fully saturated rings. The number of amides is 1. The Labute approximate surface area is 98.4 Å². The third-order valence-corrected chi connectivity index (χ3v) is 2.98. The van der Waals surface area contributed by atoms with Crippen LogP contribution in [0.5, 0.6) is 0 Å². The maximum Gasteiger partial charge on any atom is 0.341 e. The van der Waals surface area contributed by atoms with Gasteiger partial charge >= 0.3 is 11.0 Å². The lowest BCUT2D eigenvalue weighted by atomic mass is 10.2. The van der Waals surface area contributed by atoms with E-state index in [1.165, 1.54) is 23.8 Å². The van der Waals surface area contributed by atoms with E-state index < -0.39 is 0 Å². The lowest BCUT2D eigenvalue weighted by Gasteiger charge is -2.00. The minimum Gasteiger partial charge on any atom is -0.247 e. The van der Waals surface area contributed by atoms with Crippen LogP contribution < -0.4 is 9.88 Å². The Hall–Kier alpha value is -1.68. The number of thiazole rings is 1. The molecule has 0 bridgehead atoms. The van der Waals surface area contributed by atoms with Gasteiger partial charge in [0, 0.05) is 12.3 Å². The number of carbonyl (C=O) groups excluding carboxylic acids is 1. The molecule has 1 N–H and O–H groups in total. The highest BCUT2D eigenvalue weighted by molar-refractivity contribution is 7.13. The Kier molecular flexibility index (Phi) is 3.31. The Bertz CT molecular complexity index is 479. The van der Waals surface area contributed by atoms with Gasteiger partial charge < -0.3 is 0 Å². The second-order valence-corrected chi connectivity index (χ2v) is 4.40. The van der Waals surface area contributed by atoms with Crippen molar-refractivity contribution in [3.05, 3.63) is 47.5 Å². The molecule has 0 aliphatic rings. The minimum absolute atomic E-state index is 0.0377. The molecule has 3 nitrogen and oxygen atoms in total. The number of anilines is 1. The zero-order chi connectivity index (χ0) is 11.4. The van der Waals surface area contributed by atoms with Crippen LogP contribution in [-0.4, -0.2) is 5.91 Å². The first-order valence-electron chi connectivity index (χ1n) is 5.04. The van der Waals surface area contributed by atoms with Crippen LogP contribution in [0.1, 0.15) is 12.5 Å². The predicted octanol–water partition coefficient (Wildman–Crippen LogP) is 2.04. The van der Waals surface area contributed by atoms with Gasteiger partial charge in [0.05, 0.1) is 0 Å². The molecule has 0 aliphatic heterocycles. The average molecular weight is 233 g/mol. The summed E-state index contributed by atoms with van der Waals surface area (Å²) in [6.07, 6.45) is 1.98. The number of benzene rings is 1. The lowest BCUT2D eigenvalue weighted by molar-refractivity contribution is -0.669. The highest BCUT2D eigenvalue weighted by Gasteiger charge is 2.12. The number of nitrogens with zero attached hydrogens (tertiary/aromatic N) is 1. The summed E-state index contributed by atoms with van der Waals surface area (Å²) < 4.78 is 2.03. The molecule has 2 aromatic rings. The molecule has 1 heterocycles. The smallest absolute Gasteiger partial charge is 0.247 e. The molecule has 16 heavy (non-hydrogen) atoms. The van der Waals surface area contributed by atoms with Crippen LogP contribution in [-0.2, 0) is 11.3 Å². The largest absolute Gasteiger partial charge is 0.341 e. The second-order valence-electron chi connectivity index (χ2n) is 3.50.